The van der Waals surface area contributed by atoms with Gasteiger partial charge in [0.2, 0.25) is 0 Å². The summed E-state index contributed by atoms with van der Waals surface area (Å²) in [5.41, 5.74) is 3.53. The van der Waals surface area contributed by atoms with E-state index in [1.165, 1.54) is 18.4 Å². The highest BCUT2D eigenvalue weighted by atomic mass is 35.5. The van der Waals surface area contributed by atoms with Gasteiger partial charge in [-0.05, 0) is 61.1 Å². The number of anilines is 1. The minimum Gasteiger partial charge on any atom is -0.497 e. The molecule has 1 fully saturated rings. The molecule has 110 valence electrons. The van der Waals surface area contributed by atoms with E-state index in [0.29, 0.717) is 12.0 Å². The molecule has 0 heterocycles. The van der Waals surface area contributed by atoms with Crippen molar-refractivity contribution in [1.29, 1.82) is 0 Å². The fourth-order valence-corrected chi connectivity index (χ4v) is 2.82. The molecular weight excluding hydrogens is 282 g/mol. The van der Waals surface area contributed by atoms with Crippen molar-refractivity contribution in [3.63, 3.8) is 0 Å². The van der Waals surface area contributed by atoms with Crippen LogP contribution in [-0.2, 0) is 0 Å². The Kier molecular flexibility index (Phi) is 4.07. The molecule has 2 aromatic carbocycles. The molecule has 2 aromatic rings. The first-order chi connectivity index (χ1) is 10.2. The van der Waals surface area contributed by atoms with Crippen LogP contribution >= 0.6 is 11.6 Å². The number of halogens is 1. The van der Waals surface area contributed by atoms with Gasteiger partial charge in [-0.2, -0.15) is 0 Å². The van der Waals surface area contributed by atoms with Crippen LogP contribution in [0.2, 0.25) is 5.02 Å². The van der Waals surface area contributed by atoms with Crippen molar-refractivity contribution < 1.29 is 4.74 Å². The van der Waals surface area contributed by atoms with E-state index in [0.717, 1.165) is 22.0 Å². The molecule has 3 rings (SSSR count). The molecule has 0 amide bonds. The minimum absolute atomic E-state index is 0.341. The topological polar surface area (TPSA) is 21.3 Å². The Balaban J connectivity index is 1.86. The van der Waals surface area contributed by atoms with Crippen LogP contribution in [0.15, 0.2) is 42.5 Å². The van der Waals surface area contributed by atoms with Crippen molar-refractivity contribution in [3.8, 4) is 5.75 Å². The van der Waals surface area contributed by atoms with Gasteiger partial charge in [0, 0.05) is 10.7 Å². The molecule has 1 saturated carbocycles. The third-order valence-electron chi connectivity index (χ3n) is 4.15. The Bertz CT molecular complexity index is 620. The van der Waals surface area contributed by atoms with E-state index in [1.807, 2.05) is 24.3 Å². The molecule has 1 aliphatic carbocycles. The number of hydrogen-bond donors (Lipinski definition) is 1. The van der Waals surface area contributed by atoms with Crippen molar-refractivity contribution in [2.75, 3.05) is 12.4 Å². The number of hydrogen-bond acceptors (Lipinski definition) is 2. The minimum atomic E-state index is 0.341. The third-order valence-corrected chi connectivity index (χ3v) is 4.56. The number of methoxy groups -OCH3 is 1. The van der Waals surface area contributed by atoms with Crippen LogP contribution in [0.5, 0.6) is 5.75 Å². The van der Waals surface area contributed by atoms with Crippen LogP contribution < -0.4 is 10.1 Å². The largest absolute Gasteiger partial charge is 0.497 e. The van der Waals surface area contributed by atoms with E-state index in [4.69, 9.17) is 16.3 Å². The maximum Gasteiger partial charge on any atom is 0.118 e. The molecule has 2 nitrogen and oxygen atoms in total. The van der Waals surface area contributed by atoms with E-state index in [1.54, 1.807) is 7.11 Å². The van der Waals surface area contributed by atoms with Gasteiger partial charge in [0.1, 0.15) is 5.75 Å². The Hall–Kier alpha value is -1.67. The Morgan fingerprint density at radius 1 is 1.14 bits per heavy atom. The van der Waals surface area contributed by atoms with Gasteiger partial charge in [0.15, 0.2) is 0 Å². The van der Waals surface area contributed by atoms with Crippen LogP contribution in [0.4, 0.5) is 5.69 Å². The fourth-order valence-electron chi connectivity index (χ4n) is 2.65. The molecule has 0 spiro atoms. The molecule has 0 aromatic heterocycles. The fraction of sp³-hybridized carbons (Fsp3) is 0.333. The summed E-state index contributed by atoms with van der Waals surface area (Å²) < 4.78 is 5.24. The zero-order chi connectivity index (χ0) is 14.8. The van der Waals surface area contributed by atoms with Gasteiger partial charge >= 0.3 is 0 Å². The van der Waals surface area contributed by atoms with Crippen molar-refractivity contribution in [2.24, 2.45) is 5.92 Å². The van der Waals surface area contributed by atoms with Gasteiger partial charge in [-0.15, -0.1) is 0 Å². The van der Waals surface area contributed by atoms with Crippen LogP contribution in [0.1, 0.15) is 30.0 Å². The first kappa shape index (κ1) is 14.3. The summed E-state index contributed by atoms with van der Waals surface area (Å²) in [6, 6.07) is 14.7. The SMILES string of the molecule is COc1ccc(C(Nc2cccc(Cl)c2C)C2CC2)cc1. The average Bonchev–Trinajstić information content (AvgIpc) is 3.34. The number of rotatable bonds is 5. The molecule has 1 unspecified atom stereocenters. The molecule has 0 aliphatic heterocycles. The summed E-state index contributed by atoms with van der Waals surface area (Å²) in [7, 11) is 1.70. The maximum absolute atomic E-state index is 6.22. The average molecular weight is 302 g/mol. The van der Waals surface area contributed by atoms with Crippen LogP contribution in [0.25, 0.3) is 0 Å². The van der Waals surface area contributed by atoms with Crippen molar-refractivity contribution in [1.82, 2.24) is 0 Å². The molecule has 1 atom stereocenters. The molecule has 1 N–H and O–H groups in total. The van der Waals surface area contributed by atoms with Crippen molar-refractivity contribution >= 4 is 17.3 Å². The molecule has 21 heavy (non-hydrogen) atoms. The van der Waals surface area contributed by atoms with Crippen molar-refractivity contribution in [3.05, 3.63) is 58.6 Å². The monoisotopic (exact) mass is 301 g/mol. The number of ether oxygens (including phenoxy) is 1. The number of benzene rings is 2. The van der Waals surface area contributed by atoms with E-state index < -0.39 is 0 Å². The van der Waals surface area contributed by atoms with Crippen molar-refractivity contribution in [2.45, 2.75) is 25.8 Å². The Morgan fingerprint density at radius 2 is 1.86 bits per heavy atom. The lowest BCUT2D eigenvalue weighted by Gasteiger charge is -2.22. The highest BCUT2D eigenvalue weighted by Gasteiger charge is 2.32. The molecule has 1 aliphatic rings. The highest BCUT2D eigenvalue weighted by molar-refractivity contribution is 6.31. The van der Waals surface area contributed by atoms with Gasteiger partial charge in [-0.3, -0.25) is 0 Å². The lowest BCUT2D eigenvalue weighted by atomic mass is 10.0. The third kappa shape index (κ3) is 3.16. The van der Waals surface area contributed by atoms with Gasteiger partial charge in [0.05, 0.1) is 13.2 Å². The second-order valence-electron chi connectivity index (χ2n) is 5.64. The summed E-state index contributed by atoms with van der Waals surface area (Å²) in [6.07, 6.45) is 2.56. The van der Waals surface area contributed by atoms with E-state index in [2.05, 4.69) is 30.4 Å². The summed E-state index contributed by atoms with van der Waals surface area (Å²) in [4.78, 5) is 0. The predicted molar refractivity (Wildman–Crippen MR) is 88.3 cm³/mol. The van der Waals surface area contributed by atoms with Gasteiger partial charge in [-0.1, -0.05) is 29.8 Å². The lowest BCUT2D eigenvalue weighted by molar-refractivity contribution is 0.414. The van der Waals surface area contributed by atoms with E-state index in [-0.39, 0.29) is 0 Å². The van der Waals surface area contributed by atoms with Gasteiger partial charge in [-0.25, -0.2) is 0 Å². The Morgan fingerprint density at radius 3 is 2.48 bits per heavy atom. The summed E-state index contributed by atoms with van der Waals surface area (Å²) >= 11 is 6.22. The molecule has 0 bridgehead atoms. The zero-order valence-electron chi connectivity index (χ0n) is 12.4. The lowest BCUT2D eigenvalue weighted by Crippen LogP contribution is -2.13. The molecule has 0 radical (unpaired) electrons. The second kappa shape index (κ2) is 5.98. The zero-order valence-corrected chi connectivity index (χ0v) is 13.2. The van der Waals surface area contributed by atoms with Crippen LogP contribution in [-0.4, -0.2) is 7.11 Å². The normalized spacial score (nSPS) is 15.6. The van der Waals surface area contributed by atoms with E-state index >= 15 is 0 Å². The quantitative estimate of drug-likeness (QED) is 0.817. The van der Waals surface area contributed by atoms with Crippen LogP contribution in [0, 0.1) is 12.8 Å². The van der Waals surface area contributed by atoms with Crippen LogP contribution in [0.3, 0.4) is 0 Å². The molecular formula is C18H20ClNO. The molecule has 3 heteroatoms. The standard InChI is InChI=1S/C18H20ClNO/c1-12-16(19)4-3-5-17(12)20-18(13-6-7-13)14-8-10-15(21-2)11-9-14/h3-5,8-11,13,18,20H,6-7H2,1-2H3. The second-order valence-corrected chi connectivity index (χ2v) is 6.05. The number of nitrogens with one attached hydrogen (secondary N) is 1. The predicted octanol–water partition coefficient (Wildman–Crippen LogP) is 5.22. The van der Waals surface area contributed by atoms with Gasteiger partial charge < -0.3 is 10.1 Å². The summed E-state index contributed by atoms with van der Waals surface area (Å²) in [6.45, 7) is 2.06. The first-order valence-electron chi connectivity index (χ1n) is 7.34. The summed E-state index contributed by atoms with van der Waals surface area (Å²) in [5.74, 6) is 1.60. The summed E-state index contributed by atoms with van der Waals surface area (Å²) in [5, 5.41) is 4.49. The maximum atomic E-state index is 6.22. The van der Waals surface area contributed by atoms with Gasteiger partial charge in [0.25, 0.3) is 0 Å². The smallest absolute Gasteiger partial charge is 0.118 e. The van der Waals surface area contributed by atoms with E-state index in [9.17, 15) is 0 Å². The molecule has 0 saturated heterocycles. The Labute approximate surface area is 131 Å². The highest BCUT2D eigenvalue weighted by Crippen LogP contribution is 2.43. The first-order valence-corrected chi connectivity index (χ1v) is 7.72.